The third-order valence-electron chi connectivity index (χ3n) is 8.26. The zero-order valence-corrected chi connectivity index (χ0v) is 20.7. The molecule has 1 aromatic rings. The summed E-state index contributed by atoms with van der Waals surface area (Å²) in [4.78, 5) is 41.3. The summed E-state index contributed by atoms with van der Waals surface area (Å²) in [7, 11) is 0. The van der Waals surface area contributed by atoms with E-state index in [0.29, 0.717) is 5.75 Å². The Morgan fingerprint density at radius 3 is 2.38 bits per heavy atom. The van der Waals surface area contributed by atoms with Gasteiger partial charge in [0.2, 0.25) is 17.7 Å². The van der Waals surface area contributed by atoms with Crippen LogP contribution in [0.25, 0.3) is 0 Å². The molecule has 2 N–H and O–H groups in total. The largest absolute Gasteiger partial charge is 0.473 e. The lowest BCUT2D eigenvalue weighted by Gasteiger charge is -2.40. The van der Waals surface area contributed by atoms with E-state index in [1.807, 2.05) is 0 Å². The average Bonchev–Trinajstić information content (AvgIpc) is 2.91. The molecule has 3 atom stereocenters. The Labute approximate surface area is 213 Å². The van der Waals surface area contributed by atoms with Crippen LogP contribution in [0.3, 0.4) is 0 Å². The number of ether oxygens (including phenoxy) is 1. The molecular formula is C26H33F3N4O4. The zero-order chi connectivity index (χ0) is 26.2. The molecule has 2 saturated carbocycles. The van der Waals surface area contributed by atoms with E-state index in [1.54, 1.807) is 4.90 Å². The molecule has 37 heavy (non-hydrogen) atoms. The Hall–Kier alpha value is -2.82. The van der Waals surface area contributed by atoms with Crippen LogP contribution < -0.4 is 15.6 Å². The monoisotopic (exact) mass is 522 g/mol. The minimum Gasteiger partial charge on any atom is -0.473 e. The van der Waals surface area contributed by atoms with Crippen molar-refractivity contribution in [1.29, 1.82) is 0 Å². The lowest BCUT2D eigenvalue weighted by molar-refractivity contribution is -0.141. The van der Waals surface area contributed by atoms with Crippen LogP contribution in [0.2, 0.25) is 0 Å². The average molecular weight is 523 g/mol. The summed E-state index contributed by atoms with van der Waals surface area (Å²) in [6.45, 7) is 1.03. The van der Waals surface area contributed by atoms with E-state index in [-0.39, 0.29) is 81.1 Å². The first-order chi connectivity index (χ1) is 17.7. The summed E-state index contributed by atoms with van der Waals surface area (Å²) in [5, 5.41) is 0. The number of piperazine rings is 1. The molecule has 5 rings (SSSR count). The second-order valence-electron chi connectivity index (χ2n) is 10.6. The highest BCUT2D eigenvalue weighted by atomic mass is 19.3. The van der Waals surface area contributed by atoms with Crippen molar-refractivity contribution in [3.8, 4) is 5.75 Å². The minimum absolute atomic E-state index is 0.00675. The summed E-state index contributed by atoms with van der Waals surface area (Å²) in [6.07, 6.45) is 2.95. The van der Waals surface area contributed by atoms with Crippen LogP contribution in [0.15, 0.2) is 18.2 Å². The molecule has 2 aliphatic carbocycles. The van der Waals surface area contributed by atoms with Gasteiger partial charge in [-0.1, -0.05) is 12.8 Å². The summed E-state index contributed by atoms with van der Waals surface area (Å²) in [5.41, 5.74) is 5.44. The number of hydrogen-bond acceptors (Lipinski definition) is 5. The number of carbonyl (C=O) groups excluding carboxylic acids is 3. The van der Waals surface area contributed by atoms with Gasteiger partial charge < -0.3 is 14.5 Å². The SMILES string of the molecule is O=C1NNC(Oc2ccc(F)c(C(=O)N3CCN(C(=O)C4CCC(F)(F)CC4)CC3)c2)C2CCCCC12. The normalized spacial score (nSPS) is 28.3. The number of halogens is 3. The number of benzene rings is 1. The Morgan fingerprint density at radius 1 is 0.973 bits per heavy atom. The number of nitrogens with zero attached hydrogens (tertiary/aromatic N) is 2. The number of hydrogen-bond donors (Lipinski definition) is 2. The number of amides is 3. The number of hydrazine groups is 1. The Kier molecular flexibility index (Phi) is 7.33. The maximum atomic E-state index is 14.7. The number of rotatable bonds is 4. The van der Waals surface area contributed by atoms with Gasteiger partial charge in [0.1, 0.15) is 11.6 Å². The van der Waals surface area contributed by atoms with Crippen LogP contribution in [-0.2, 0) is 9.59 Å². The van der Waals surface area contributed by atoms with Gasteiger partial charge in [0.15, 0.2) is 6.23 Å². The maximum Gasteiger partial charge on any atom is 0.257 e. The molecule has 0 radical (unpaired) electrons. The van der Waals surface area contributed by atoms with Gasteiger partial charge in [-0.05, 0) is 43.9 Å². The predicted octanol–water partition coefficient (Wildman–Crippen LogP) is 3.08. The van der Waals surface area contributed by atoms with E-state index in [0.717, 1.165) is 25.7 Å². The smallest absolute Gasteiger partial charge is 0.257 e. The third-order valence-corrected chi connectivity index (χ3v) is 8.26. The topological polar surface area (TPSA) is 91.0 Å². The molecule has 11 heteroatoms. The molecule has 0 spiro atoms. The third kappa shape index (κ3) is 5.56. The second kappa shape index (κ2) is 10.5. The van der Waals surface area contributed by atoms with Crippen LogP contribution in [0.1, 0.15) is 61.7 Å². The molecule has 2 heterocycles. The molecule has 8 nitrogen and oxygen atoms in total. The van der Waals surface area contributed by atoms with Crippen molar-refractivity contribution >= 4 is 17.7 Å². The Morgan fingerprint density at radius 2 is 1.65 bits per heavy atom. The van der Waals surface area contributed by atoms with Gasteiger partial charge in [-0.25, -0.2) is 13.2 Å². The molecule has 2 aliphatic heterocycles. The van der Waals surface area contributed by atoms with Gasteiger partial charge >= 0.3 is 0 Å². The van der Waals surface area contributed by atoms with Crippen molar-refractivity contribution in [2.45, 2.75) is 63.5 Å². The molecule has 202 valence electrons. The molecule has 4 aliphatic rings. The van der Waals surface area contributed by atoms with Crippen LogP contribution >= 0.6 is 0 Å². The van der Waals surface area contributed by atoms with Crippen molar-refractivity contribution in [3.63, 3.8) is 0 Å². The van der Waals surface area contributed by atoms with Crippen molar-refractivity contribution < 1.29 is 32.3 Å². The van der Waals surface area contributed by atoms with Gasteiger partial charge in [0.25, 0.3) is 5.91 Å². The highest BCUT2D eigenvalue weighted by molar-refractivity contribution is 5.95. The lowest BCUT2D eigenvalue weighted by atomic mass is 9.77. The van der Waals surface area contributed by atoms with Gasteiger partial charge in [-0.3, -0.25) is 19.8 Å². The van der Waals surface area contributed by atoms with E-state index in [1.165, 1.54) is 23.1 Å². The van der Waals surface area contributed by atoms with Gasteiger partial charge in [-0.15, -0.1) is 0 Å². The Bertz CT molecular complexity index is 1040. The summed E-state index contributed by atoms with van der Waals surface area (Å²) < 4.78 is 47.6. The minimum atomic E-state index is -2.69. The van der Waals surface area contributed by atoms with E-state index in [2.05, 4.69) is 10.9 Å². The molecule has 3 unspecified atom stereocenters. The molecule has 1 aromatic carbocycles. The maximum absolute atomic E-state index is 14.7. The van der Waals surface area contributed by atoms with Crippen LogP contribution in [-0.4, -0.2) is 65.9 Å². The first-order valence-corrected chi connectivity index (χ1v) is 13.2. The van der Waals surface area contributed by atoms with Crippen molar-refractivity contribution in [1.82, 2.24) is 20.7 Å². The molecule has 0 aromatic heterocycles. The quantitative estimate of drug-likeness (QED) is 0.635. The lowest BCUT2D eigenvalue weighted by Crippen LogP contribution is -2.61. The van der Waals surface area contributed by atoms with Crippen LogP contribution in [0, 0.1) is 23.6 Å². The van der Waals surface area contributed by atoms with Crippen LogP contribution in [0.5, 0.6) is 5.75 Å². The second-order valence-corrected chi connectivity index (χ2v) is 10.6. The highest BCUT2D eigenvalue weighted by Crippen LogP contribution is 2.37. The zero-order valence-electron chi connectivity index (χ0n) is 20.7. The first kappa shape index (κ1) is 25.8. The predicted molar refractivity (Wildman–Crippen MR) is 127 cm³/mol. The van der Waals surface area contributed by atoms with Gasteiger partial charge in [0, 0.05) is 56.8 Å². The first-order valence-electron chi connectivity index (χ1n) is 13.2. The van der Waals surface area contributed by atoms with Crippen LogP contribution in [0.4, 0.5) is 13.2 Å². The van der Waals surface area contributed by atoms with Crippen molar-refractivity contribution in [2.24, 2.45) is 17.8 Å². The van der Waals surface area contributed by atoms with Crippen molar-refractivity contribution in [2.75, 3.05) is 26.2 Å². The fraction of sp³-hybridized carbons (Fsp3) is 0.654. The summed E-state index contributed by atoms with van der Waals surface area (Å²) in [5.74, 6) is -4.26. The Balaban J connectivity index is 1.19. The fourth-order valence-electron chi connectivity index (χ4n) is 6.04. The summed E-state index contributed by atoms with van der Waals surface area (Å²) >= 11 is 0. The number of nitrogens with one attached hydrogen (secondary N) is 2. The van der Waals surface area contributed by atoms with Gasteiger partial charge in [-0.2, -0.15) is 5.43 Å². The standard InChI is InChI=1S/C26H33F3N4O4/c27-21-6-5-17(37-23-19-4-2-1-3-18(19)22(34)30-31-23)15-20(21)25(36)33-13-11-32(12-14-33)24(35)16-7-9-26(28,29)10-8-16/h5-6,15-16,18-19,23,31H,1-4,7-14H2,(H,30,34). The molecule has 2 saturated heterocycles. The number of alkyl halides is 2. The van der Waals surface area contributed by atoms with Crippen molar-refractivity contribution in [3.05, 3.63) is 29.6 Å². The number of fused-ring (bicyclic) bond motifs is 1. The van der Waals surface area contributed by atoms with E-state index in [9.17, 15) is 27.6 Å². The van der Waals surface area contributed by atoms with E-state index >= 15 is 0 Å². The summed E-state index contributed by atoms with van der Waals surface area (Å²) in [6, 6.07) is 4.04. The van der Waals surface area contributed by atoms with E-state index < -0.39 is 29.8 Å². The molecular weight excluding hydrogens is 489 g/mol. The van der Waals surface area contributed by atoms with Gasteiger partial charge in [0.05, 0.1) is 5.56 Å². The fourth-order valence-corrected chi connectivity index (χ4v) is 6.04. The molecule has 3 amide bonds. The number of carbonyl (C=O) groups is 3. The molecule has 4 fully saturated rings. The highest BCUT2D eigenvalue weighted by Gasteiger charge is 2.42. The molecule has 0 bridgehead atoms. The van der Waals surface area contributed by atoms with E-state index in [4.69, 9.17) is 4.74 Å².